The van der Waals surface area contributed by atoms with Crippen LogP contribution in [0.2, 0.25) is 0 Å². The van der Waals surface area contributed by atoms with Crippen molar-refractivity contribution in [3.05, 3.63) is 59.7 Å². The summed E-state index contributed by atoms with van der Waals surface area (Å²) in [6.45, 7) is 0. The monoisotopic (exact) mass is 348 g/mol. The van der Waals surface area contributed by atoms with Crippen molar-refractivity contribution in [3.63, 3.8) is 0 Å². The van der Waals surface area contributed by atoms with Gasteiger partial charge in [0.2, 0.25) is 5.95 Å². The number of nitrogens with one attached hydrogen (secondary N) is 2. The molecule has 1 aromatic carbocycles. The Kier molecular flexibility index (Phi) is 4.01. The maximum Gasteiger partial charge on any atom is 0.250 e. The Bertz CT molecular complexity index is 1020. The van der Waals surface area contributed by atoms with Crippen molar-refractivity contribution in [2.24, 2.45) is 0 Å². The van der Waals surface area contributed by atoms with Crippen LogP contribution < -0.4 is 5.32 Å². The zero-order valence-electron chi connectivity index (χ0n) is 12.9. The van der Waals surface area contributed by atoms with Gasteiger partial charge in [-0.05, 0) is 30.3 Å². The van der Waals surface area contributed by atoms with E-state index in [1.807, 2.05) is 36.4 Å². The van der Waals surface area contributed by atoms with E-state index in [2.05, 4.69) is 30.5 Å². The van der Waals surface area contributed by atoms with E-state index in [4.69, 9.17) is 0 Å². The van der Waals surface area contributed by atoms with Crippen LogP contribution in [0.5, 0.6) is 0 Å². The van der Waals surface area contributed by atoms with Crippen molar-refractivity contribution in [1.82, 2.24) is 25.1 Å². The number of thiazole rings is 1. The van der Waals surface area contributed by atoms with E-state index in [0.717, 1.165) is 15.2 Å². The Morgan fingerprint density at radius 1 is 1.12 bits per heavy atom. The fourth-order valence-electron chi connectivity index (χ4n) is 2.20. The topological polar surface area (TPSA) is 96.5 Å². The van der Waals surface area contributed by atoms with Crippen molar-refractivity contribution < 1.29 is 4.79 Å². The van der Waals surface area contributed by atoms with Gasteiger partial charge >= 0.3 is 0 Å². The number of amides is 1. The van der Waals surface area contributed by atoms with Gasteiger partial charge in [0, 0.05) is 12.3 Å². The minimum Gasteiger partial charge on any atom is -0.290 e. The molecule has 0 bridgehead atoms. The number of H-pyrrole nitrogens is 1. The van der Waals surface area contributed by atoms with E-state index in [9.17, 15) is 4.79 Å². The number of aromatic nitrogens is 5. The summed E-state index contributed by atoms with van der Waals surface area (Å²) in [6, 6.07) is 13.3. The predicted molar refractivity (Wildman–Crippen MR) is 96.9 cm³/mol. The molecule has 0 radical (unpaired) electrons. The molecule has 25 heavy (non-hydrogen) atoms. The second-order valence-corrected chi connectivity index (χ2v) is 6.13. The Labute approximate surface area is 146 Å². The molecular formula is C17H12N6OS. The molecule has 4 aromatic rings. The highest BCUT2D eigenvalue weighted by atomic mass is 32.1. The van der Waals surface area contributed by atoms with E-state index in [1.54, 1.807) is 18.3 Å². The number of anilines is 1. The lowest BCUT2D eigenvalue weighted by molar-refractivity contribution is -0.111. The molecule has 1 amide bonds. The molecule has 4 rings (SSSR count). The highest BCUT2D eigenvalue weighted by Gasteiger charge is 2.08. The third kappa shape index (κ3) is 3.43. The first-order chi connectivity index (χ1) is 12.3. The minimum absolute atomic E-state index is 0.194. The minimum atomic E-state index is -0.328. The summed E-state index contributed by atoms with van der Waals surface area (Å²) >= 11 is 1.52. The molecule has 0 spiro atoms. The Morgan fingerprint density at radius 2 is 2.00 bits per heavy atom. The van der Waals surface area contributed by atoms with Gasteiger partial charge in [-0.25, -0.2) is 4.98 Å². The Hall–Kier alpha value is -3.39. The Morgan fingerprint density at radius 3 is 2.84 bits per heavy atom. The van der Waals surface area contributed by atoms with Crippen molar-refractivity contribution in [3.8, 4) is 11.5 Å². The first-order valence-corrected chi connectivity index (χ1v) is 8.28. The summed E-state index contributed by atoms with van der Waals surface area (Å²) in [6.07, 6.45) is 4.75. The summed E-state index contributed by atoms with van der Waals surface area (Å²) in [7, 11) is 0. The van der Waals surface area contributed by atoms with Crippen LogP contribution in [0.3, 0.4) is 0 Å². The molecule has 2 N–H and O–H groups in total. The number of fused-ring (bicyclic) bond motifs is 1. The summed E-state index contributed by atoms with van der Waals surface area (Å²) in [5.74, 6) is 0.358. The van der Waals surface area contributed by atoms with Crippen molar-refractivity contribution in [1.29, 1.82) is 0 Å². The molecule has 0 fully saturated rings. The molecule has 0 unspecified atom stereocenters. The van der Waals surface area contributed by atoms with Gasteiger partial charge in [-0.2, -0.15) is 4.98 Å². The van der Waals surface area contributed by atoms with Crippen LogP contribution in [0.25, 0.3) is 27.8 Å². The summed E-state index contributed by atoms with van der Waals surface area (Å²) < 4.78 is 1.08. The second kappa shape index (κ2) is 6.62. The van der Waals surface area contributed by atoms with Crippen LogP contribution in [0.1, 0.15) is 5.01 Å². The lowest BCUT2D eigenvalue weighted by Crippen LogP contribution is -2.09. The standard InChI is InChI=1S/C17H12N6OS/c24-14(8-9-15-19-11-5-1-2-7-13(11)25-15)20-17-21-16(22-23-17)12-6-3-4-10-18-12/h1-10H,(H2,20,21,22,23,24). The number of benzene rings is 1. The van der Waals surface area contributed by atoms with E-state index in [0.29, 0.717) is 11.5 Å². The molecule has 3 heterocycles. The van der Waals surface area contributed by atoms with Gasteiger partial charge in [0.1, 0.15) is 10.7 Å². The van der Waals surface area contributed by atoms with Crippen molar-refractivity contribution >= 4 is 39.5 Å². The van der Waals surface area contributed by atoms with E-state index < -0.39 is 0 Å². The maximum absolute atomic E-state index is 12.0. The summed E-state index contributed by atoms with van der Waals surface area (Å²) in [5, 5.41) is 10.1. The number of carbonyl (C=O) groups is 1. The van der Waals surface area contributed by atoms with Gasteiger partial charge in [-0.3, -0.25) is 20.2 Å². The summed E-state index contributed by atoms with van der Waals surface area (Å²) in [4.78, 5) is 24.8. The highest BCUT2D eigenvalue weighted by Crippen LogP contribution is 2.22. The number of para-hydroxylation sites is 1. The number of hydrogen-bond donors (Lipinski definition) is 2. The third-order valence-corrected chi connectivity index (χ3v) is 4.32. The average Bonchev–Trinajstić information content (AvgIpc) is 3.27. The number of aromatic amines is 1. The molecule has 8 heteroatoms. The van der Waals surface area contributed by atoms with Crippen LogP contribution in [0.15, 0.2) is 54.7 Å². The van der Waals surface area contributed by atoms with Gasteiger partial charge in [0.25, 0.3) is 5.91 Å². The molecule has 0 atom stereocenters. The van der Waals surface area contributed by atoms with Crippen molar-refractivity contribution in [2.75, 3.05) is 5.32 Å². The number of carbonyl (C=O) groups excluding carboxylic acids is 1. The average molecular weight is 348 g/mol. The first kappa shape index (κ1) is 15.2. The molecule has 0 saturated heterocycles. The SMILES string of the molecule is O=C(C=Cc1nc2ccccc2s1)Nc1n[nH]c(-c2ccccn2)n1. The van der Waals surface area contributed by atoms with Gasteiger partial charge in [0.05, 0.1) is 10.2 Å². The largest absolute Gasteiger partial charge is 0.290 e. The summed E-state index contributed by atoms with van der Waals surface area (Å²) in [5.41, 5.74) is 1.57. The molecule has 0 aliphatic heterocycles. The van der Waals surface area contributed by atoms with Crippen LogP contribution in [0.4, 0.5) is 5.95 Å². The second-order valence-electron chi connectivity index (χ2n) is 5.07. The lowest BCUT2D eigenvalue weighted by Gasteiger charge is -1.94. The van der Waals surface area contributed by atoms with E-state index >= 15 is 0 Å². The molecule has 3 aromatic heterocycles. The smallest absolute Gasteiger partial charge is 0.250 e. The van der Waals surface area contributed by atoms with Gasteiger partial charge < -0.3 is 0 Å². The molecule has 0 saturated carbocycles. The zero-order valence-corrected chi connectivity index (χ0v) is 13.7. The Balaban J connectivity index is 1.44. The fraction of sp³-hybridized carbons (Fsp3) is 0. The van der Waals surface area contributed by atoms with Crippen LogP contribution >= 0.6 is 11.3 Å². The zero-order chi connectivity index (χ0) is 17.1. The quantitative estimate of drug-likeness (QED) is 0.552. The lowest BCUT2D eigenvalue weighted by atomic mass is 10.3. The van der Waals surface area contributed by atoms with Crippen LogP contribution in [-0.2, 0) is 4.79 Å². The number of rotatable bonds is 4. The van der Waals surface area contributed by atoms with Crippen LogP contribution in [-0.4, -0.2) is 31.1 Å². The van der Waals surface area contributed by atoms with E-state index in [1.165, 1.54) is 17.4 Å². The normalized spacial score (nSPS) is 11.2. The van der Waals surface area contributed by atoms with Crippen molar-refractivity contribution in [2.45, 2.75) is 0 Å². The van der Waals surface area contributed by atoms with E-state index in [-0.39, 0.29) is 11.9 Å². The molecule has 7 nitrogen and oxygen atoms in total. The first-order valence-electron chi connectivity index (χ1n) is 7.46. The number of pyridine rings is 1. The van der Waals surface area contributed by atoms with Crippen LogP contribution in [0, 0.1) is 0 Å². The van der Waals surface area contributed by atoms with Gasteiger partial charge in [0.15, 0.2) is 5.82 Å². The fourth-order valence-corrected chi connectivity index (χ4v) is 3.07. The molecular weight excluding hydrogens is 336 g/mol. The third-order valence-electron chi connectivity index (χ3n) is 3.32. The molecule has 0 aliphatic carbocycles. The molecule has 0 aliphatic rings. The molecule has 122 valence electrons. The van der Waals surface area contributed by atoms with Gasteiger partial charge in [-0.15, -0.1) is 16.4 Å². The maximum atomic E-state index is 12.0. The number of hydrogen-bond acceptors (Lipinski definition) is 6. The predicted octanol–water partition coefficient (Wildman–Crippen LogP) is 3.13. The van der Waals surface area contributed by atoms with Gasteiger partial charge in [-0.1, -0.05) is 18.2 Å². The highest BCUT2D eigenvalue weighted by molar-refractivity contribution is 7.19. The number of nitrogens with zero attached hydrogens (tertiary/aromatic N) is 4.